The van der Waals surface area contributed by atoms with Crippen molar-refractivity contribution in [3.05, 3.63) is 48.0 Å². The van der Waals surface area contributed by atoms with Gasteiger partial charge in [-0.3, -0.25) is 14.4 Å². The lowest BCUT2D eigenvalue weighted by Crippen LogP contribution is -2.66. The molecule has 0 N–H and O–H groups in total. The zero-order valence-electron chi connectivity index (χ0n) is 23.6. The molecule has 8 nitrogen and oxygen atoms in total. The van der Waals surface area contributed by atoms with E-state index in [9.17, 15) is 19.2 Å². The Kier molecular flexibility index (Phi) is 6.47. The summed E-state index contributed by atoms with van der Waals surface area (Å²) in [4.78, 5) is 52.9. The highest BCUT2D eigenvalue weighted by Crippen LogP contribution is 2.68. The predicted molar refractivity (Wildman–Crippen MR) is 140 cm³/mol. The third-order valence-electron chi connectivity index (χ3n) is 10.4. The van der Waals surface area contributed by atoms with Gasteiger partial charge in [-0.2, -0.15) is 0 Å². The van der Waals surface area contributed by atoms with Gasteiger partial charge < -0.3 is 18.6 Å². The summed E-state index contributed by atoms with van der Waals surface area (Å²) in [6.07, 6.45) is 5.54. The summed E-state index contributed by atoms with van der Waals surface area (Å²) in [5.41, 5.74) is 0.0314. The van der Waals surface area contributed by atoms with E-state index in [2.05, 4.69) is 13.5 Å². The zero-order chi connectivity index (χ0) is 28.5. The minimum atomic E-state index is -0.910. The highest BCUT2D eigenvalue weighted by Gasteiger charge is 2.69. The van der Waals surface area contributed by atoms with Gasteiger partial charge in [-0.25, -0.2) is 4.79 Å². The summed E-state index contributed by atoms with van der Waals surface area (Å²) < 4.78 is 22.3. The van der Waals surface area contributed by atoms with Crippen LogP contribution in [0.1, 0.15) is 72.0 Å². The molecule has 3 fully saturated rings. The maximum Gasteiger partial charge on any atom is 0.333 e. The van der Waals surface area contributed by atoms with Crippen LogP contribution >= 0.6 is 0 Å². The third kappa shape index (κ3) is 3.93. The predicted octanol–water partition coefficient (Wildman–Crippen LogP) is 5.14. The molecule has 4 aliphatic rings. The molecular weight excluding hydrogens is 500 g/mol. The van der Waals surface area contributed by atoms with Crippen molar-refractivity contribution in [2.45, 2.75) is 72.5 Å². The van der Waals surface area contributed by atoms with Crippen LogP contribution in [-0.2, 0) is 33.4 Å². The molecule has 39 heavy (non-hydrogen) atoms. The smallest absolute Gasteiger partial charge is 0.333 e. The number of carbonyl (C=O) groups is 4. The number of carbonyl (C=O) groups excluding carboxylic acids is 4. The van der Waals surface area contributed by atoms with Crippen LogP contribution in [0.15, 0.2) is 46.8 Å². The van der Waals surface area contributed by atoms with Crippen molar-refractivity contribution in [3.8, 4) is 0 Å². The number of allylic oxidation sites excluding steroid dienone is 1. The lowest BCUT2D eigenvalue weighted by Gasteiger charge is -2.63. The van der Waals surface area contributed by atoms with Gasteiger partial charge in [0.1, 0.15) is 18.0 Å². The fourth-order valence-electron chi connectivity index (χ4n) is 8.37. The Bertz CT molecular complexity index is 1260. The summed E-state index contributed by atoms with van der Waals surface area (Å²) in [5, 5.41) is 0. The molecule has 1 aromatic heterocycles. The molecule has 0 unspecified atom stereocenters. The van der Waals surface area contributed by atoms with Crippen molar-refractivity contribution in [2.75, 3.05) is 7.11 Å². The van der Waals surface area contributed by atoms with Crippen LogP contribution in [0.2, 0.25) is 0 Å². The van der Waals surface area contributed by atoms with Gasteiger partial charge in [-0.1, -0.05) is 45.9 Å². The minimum Gasteiger partial charge on any atom is -0.472 e. The maximum absolute atomic E-state index is 14.4. The molecule has 1 saturated heterocycles. The van der Waals surface area contributed by atoms with E-state index in [4.69, 9.17) is 18.6 Å². The second-order valence-electron chi connectivity index (χ2n) is 12.9. The summed E-state index contributed by atoms with van der Waals surface area (Å²) in [7, 11) is 1.34. The Balaban J connectivity index is 1.66. The number of methoxy groups -OCH3 is 1. The van der Waals surface area contributed by atoms with Crippen molar-refractivity contribution in [3.63, 3.8) is 0 Å². The Morgan fingerprint density at radius 1 is 1.15 bits per heavy atom. The zero-order valence-corrected chi connectivity index (χ0v) is 23.6. The van der Waals surface area contributed by atoms with Crippen molar-refractivity contribution >= 4 is 23.7 Å². The lowest BCUT2D eigenvalue weighted by molar-refractivity contribution is -0.195. The largest absolute Gasteiger partial charge is 0.472 e. The van der Waals surface area contributed by atoms with Crippen LogP contribution < -0.4 is 0 Å². The first-order valence-electron chi connectivity index (χ1n) is 13.7. The number of furan rings is 1. The van der Waals surface area contributed by atoms with Gasteiger partial charge in [0.25, 0.3) is 0 Å². The number of hydrogen-bond donors (Lipinski definition) is 0. The van der Waals surface area contributed by atoms with E-state index >= 15 is 0 Å². The van der Waals surface area contributed by atoms with Crippen LogP contribution in [0.4, 0.5) is 0 Å². The number of esters is 3. The molecular formula is C31H38O8. The van der Waals surface area contributed by atoms with E-state index in [1.807, 2.05) is 32.9 Å². The minimum absolute atomic E-state index is 0.0188. The maximum atomic E-state index is 14.4. The summed E-state index contributed by atoms with van der Waals surface area (Å²) in [6, 6.07) is 1.83. The highest BCUT2D eigenvalue weighted by atomic mass is 16.6. The Hall–Kier alpha value is -3.16. The third-order valence-corrected chi connectivity index (χ3v) is 10.4. The number of ether oxygens (including phenoxy) is 3. The number of fused-ring (bicyclic) bond motifs is 6. The molecule has 1 aromatic rings. The van der Waals surface area contributed by atoms with Gasteiger partial charge >= 0.3 is 17.9 Å². The molecule has 0 amide bonds. The average molecular weight is 539 g/mol. The quantitative estimate of drug-likeness (QED) is 0.219. The first kappa shape index (κ1) is 27.4. The first-order chi connectivity index (χ1) is 18.3. The molecule has 2 heterocycles. The van der Waals surface area contributed by atoms with Crippen molar-refractivity contribution < 1.29 is 37.8 Å². The summed E-state index contributed by atoms with van der Waals surface area (Å²) in [5.74, 6) is -2.82. The Morgan fingerprint density at radius 3 is 2.49 bits per heavy atom. The standard InChI is InChI=1S/C31H38O8/c1-16(2)28(35)39-27-19-12-18-20(31(6,25(19)34)22(29(27,3)4)14-23(32)36-7)8-10-30(5)21(18)13-24(33)38-26(30)17-9-11-37-15-17/h9,11-12,15,19-22,26-27H,1,8,10,13-14H2,2-7H3/t19-,20+,21+,22+,26+,27-,30-,31-/m1/s1. The molecule has 0 radical (unpaired) electrons. The average Bonchev–Trinajstić information content (AvgIpc) is 3.41. The van der Waals surface area contributed by atoms with Gasteiger partial charge in [0, 0.05) is 33.8 Å². The van der Waals surface area contributed by atoms with Crippen LogP contribution in [0, 0.1) is 39.9 Å². The number of hydrogen-bond acceptors (Lipinski definition) is 8. The molecule has 0 aromatic carbocycles. The summed E-state index contributed by atoms with van der Waals surface area (Å²) >= 11 is 0. The molecule has 8 atom stereocenters. The topological polar surface area (TPSA) is 109 Å². The number of ketones is 1. The van der Waals surface area contributed by atoms with E-state index in [1.54, 1.807) is 19.5 Å². The van der Waals surface area contributed by atoms with E-state index in [0.29, 0.717) is 6.42 Å². The van der Waals surface area contributed by atoms with E-state index in [-0.39, 0.29) is 42.0 Å². The molecule has 210 valence electrons. The van der Waals surface area contributed by atoms with Gasteiger partial charge in [-0.05, 0) is 43.6 Å². The summed E-state index contributed by atoms with van der Waals surface area (Å²) in [6.45, 7) is 13.3. The normalized spacial score (nSPS) is 38.5. The lowest BCUT2D eigenvalue weighted by atomic mass is 9.40. The van der Waals surface area contributed by atoms with E-state index in [1.165, 1.54) is 7.11 Å². The Labute approximate surface area is 229 Å². The molecule has 8 heteroatoms. The van der Waals surface area contributed by atoms with Gasteiger partial charge in [-0.15, -0.1) is 0 Å². The van der Waals surface area contributed by atoms with E-state index < -0.39 is 52.2 Å². The van der Waals surface area contributed by atoms with Gasteiger partial charge in [0.2, 0.25) is 0 Å². The van der Waals surface area contributed by atoms with Crippen molar-refractivity contribution in [1.29, 1.82) is 0 Å². The molecule has 5 rings (SSSR count). The van der Waals surface area contributed by atoms with Gasteiger partial charge in [0.15, 0.2) is 0 Å². The second kappa shape index (κ2) is 9.20. The number of Topliss-reactive ketones (excluding diaryl/α,β-unsaturated/α-hetero) is 1. The van der Waals surface area contributed by atoms with Crippen LogP contribution in [0.5, 0.6) is 0 Å². The van der Waals surface area contributed by atoms with Crippen molar-refractivity contribution in [1.82, 2.24) is 0 Å². The molecule has 1 aliphatic heterocycles. The van der Waals surface area contributed by atoms with Crippen LogP contribution in [-0.4, -0.2) is 36.9 Å². The fourth-order valence-corrected chi connectivity index (χ4v) is 8.37. The van der Waals surface area contributed by atoms with Crippen LogP contribution in [0.3, 0.4) is 0 Å². The Morgan fingerprint density at radius 2 is 1.87 bits per heavy atom. The molecule has 2 bridgehead atoms. The molecule has 2 saturated carbocycles. The molecule has 0 spiro atoms. The highest BCUT2D eigenvalue weighted by molar-refractivity contribution is 5.94. The van der Waals surface area contributed by atoms with Gasteiger partial charge in [0.05, 0.1) is 32.0 Å². The first-order valence-corrected chi connectivity index (χ1v) is 13.7. The molecule has 3 aliphatic carbocycles. The van der Waals surface area contributed by atoms with E-state index in [0.717, 1.165) is 17.6 Å². The van der Waals surface area contributed by atoms with Crippen molar-refractivity contribution in [2.24, 2.45) is 39.9 Å². The second-order valence-corrected chi connectivity index (χ2v) is 12.9. The number of rotatable bonds is 5. The SMILES string of the molecule is C=C(C)C(=O)O[C@@H]1[C@@H]2C=C3[C@@H]4CC(=O)O[C@@H](c5ccoc5)[C@]4(C)CC[C@@H]3[C@@](C)(C2=O)[C@@H](CC(=O)OC)C1(C)C. The monoisotopic (exact) mass is 538 g/mol. The number of cyclic esters (lactones) is 1. The van der Waals surface area contributed by atoms with Crippen LogP contribution in [0.25, 0.3) is 0 Å². The fraction of sp³-hybridized carbons (Fsp3) is 0.613.